The lowest BCUT2D eigenvalue weighted by Gasteiger charge is -2.28. The fourth-order valence-corrected chi connectivity index (χ4v) is 1.21. The second-order valence-electron chi connectivity index (χ2n) is 3.09. The third-order valence-electron chi connectivity index (χ3n) is 2.08. The van der Waals surface area contributed by atoms with Crippen LogP contribution in [0.2, 0.25) is 0 Å². The van der Waals surface area contributed by atoms with Crippen LogP contribution in [0.4, 0.5) is 13.2 Å². The molecule has 0 saturated heterocycles. The second-order valence-corrected chi connectivity index (χ2v) is 3.09. The largest absolute Gasteiger partial charge is 0.250 e. The van der Waals surface area contributed by atoms with E-state index in [0.717, 1.165) is 0 Å². The van der Waals surface area contributed by atoms with Crippen molar-refractivity contribution >= 4 is 0 Å². The molecule has 2 atom stereocenters. The number of alkyl halides is 3. The summed E-state index contributed by atoms with van der Waals surface area (Å²) >= 11 is 0. The molecule has 0 aliphatic heterocycles. The number of rotatable bonds is 0. The Morgan fingerprint density at radius 3 is 2.40 bits per heavy atom. The van der Waals surface area contributed by atoms with E-state index >= 15 is 0 Å². The SMILES string of the molecule is CC1CCC(F)(F)CC1F. The van der Waals surface area contributed by atoms with Crippen LogP contribution in [0.1, 0.15) is 26.2 Å². The normalized spacial score (nSPS) is 39.6. The van der Waals surface area contributed by atoms with E-state index in [0.29, 0.717) is 6.42 Å². The Bertz CT molecular complexity index is 122. The van der Waals surface area contributed by atoms with Crippen LogP contribution in [-0.4, -0.2) is 12.1 Å². The molecule has 60 valence electrons. The molecule has 0 radical (unpaired) electrons. The summed E-state index contributed by atoms with van der Waals surface area (Å²) in [5.74, 6) is -2.93. The predicted octanol–water partition coefficient (Wildman–Crippen LogP) is 2.78. The van der Waals surface area contributed by atoms with Crippen LogP contribution >= 0.6 is 0 Å². The van der Waals surface area contributed by atoms with Gasteiger partial charge in [-0.1, -0.05) is 6.92 Å². The first-order chi connectivity index (χ1) is 4.51. The smallest absolute Gasteiger partial charge is 0.247 e. The first-order valence-electron chi connectivity index (χ1n) is 3.53. The van der Waals surface area contributed by atoms with Gasteiger partial charge in [0.15, 0.2) is 0 Å². The summed E-state index contributed by atoms with van der Waals surface area (Å²) in [5, 5.41) is 0. The second kappa shape index (κ2) is 2.44. The Hall–Kier alpha value is -0.210. The van der Waals surface area contributed by atoms with Crippen molar-refractivity contribution in [2.75, 3.05) is 0 Å². The Morgan fingerprint density at radius 2 is 2.00 bits per heavy atom. The van der Waals surface area contributed by atoms with Crippen molar-refractivity contribution < 1.29 is 13.2 Å². The fraction of sp³-hybridized carbons (Fsp3) is 1.00. The number of halogens is 3. The molecule has 1 fully saturated rings. The molecular weight excluding hydrogens is 141 g/mol. The van der Waals surface area contributed by atoms with Crippen LogP contribution in [0.25, 0.3) is 0 Å². The zero-order valence-corrected chi connectivity index (χ0v) is 5.91. The van der Waals surface area contributed by atoms with Gasteiger partial charge >= 0.3 is 0 Å². The molecular formula is C7H11F3. The van der Waals surface area contributed by atoms with E-state index in [2.05, 4.69) is 0 Å². The summed E-state index contributed by atoms with van der Waals surface area (Å²) in [7, 11) is 0. The van der Waals surface area contributed by atoms with Gasteiger partial charge in [-0.2, -0.15) is 0 Å². The molecule has 0 nitrogen and oxygen atoms in total. The molecule has 1 saturated carbocycles. The molecule has 0 spiro atoms. The Morgan fingerprint density at radius 1 is 1.40 bits per heavy atom. The van der Waals surface area contributed by atoms with E-state index in [9.17, 15) is 13.2 Å². The average molecular weight is 152 g/mol. The maximum atomic E-state index is 12.6. The third-order valence-corrected chi connectivity index (χ3v) is 2.08. The summed E-state index contributed by atoms with van der Waals surface area (Å²) < 4.78 is 37.4. The topological polar surface area (TPSA) is 0 Å². The van der Waals surface area contributed by atoms with Crippen LogP contribution in [0.15, 0.2) is 0 Å². The fourth-order valence-electron chi connectivity index (χ4n) is 1.21. The van der Waals surface area contributed by atoms with Gasteiger partial charge in [-0.15, -0.1) is 0 Å². The minimum Gasteiger partial charge on any atom is -0.247 e. The van der Waals surface area contributed by atoms with E-state index in [1.807, 2.05) is 0 Å². The van der Waals surface area contributed by atoms with Crippen molar-refractivity contribution in [3.63, 3.8) is 0 Å². The van der Waals surface area contributed by atoms with Crippen molar-refractivity contribution in [3.8, 4) is 0 Å². The van der Waals surface area contributed by atoms with E-state index in [-0.39, 0.29) is 12.3 Å². The Labute approximate surface area is 58.4 Å². The lowest BCUT2D eigenvalue weighted by molar-refractivity contribution is -0.0731. The molecule has 0 N–H and O–H groups in total. The summed E-state index contributed by atoms with van der Waals surface area (Å²) in [6, 6.07) is 0. The molecule has 1 rings (SSSR count). The van der Waals surface area contributed by atoms with Crippen molar-refractivity contribution in [2.24, 2.45) is 5.92 Å². The molecule has 0 aromatic carbocycles. The van der Waals surface area contributed by atoms with Crippen molar-refractivity contribution in [2.45, 2.75) is 38.3 Å². The molecule has 2 unspecified atom stereocenters. The Balaban J connectivity index is 2.49. The molecule has 0 heterocycles. The minimum atomic E-state index is -2.74. The van der Waals surface area contributed by atoms with Crippen LogP contribution in [0.5, 0.6) is 0 Å². The van der Waals surface area contributed by atoms with E-state index in [1.165, 1.54) is 0 Å². The van der Waals surface area contributed by atoms with Gasteiger partial charge in [0.1, 0.15) is 6.17 Å². The van der Waals surface area contributed by atoms with Gasteiger partial charge in [0.25, 0.3) is 5.92 Å². The molecule has 3 heteroatoms. The van der Waals surface area contributed by atoms with Crippen LogP contribution in [0, 0.1) is 5.92 Å². The minimum absolute atomic E-state index is 0.144. The molecule has 0 bridgehead atoms. The van der Waals surface area contributed by atoms with Gasteiger partial charge in [0.05, 0.1) is 0 Å². The number of hydrogen-bond acceptors (Lipinski definition) is 0. The van der Waals surface area contributed by atoms with E-state index < -0.39 is 18.5 Å². The highest BCUT2D eigenvalue weighted by atomic mass is 19.3. The molecule has 1 aliphatic carbocycles. The first-order valence-corrected chi connectivity index (χ1v) is 3.53. The van der Waals surface area contributed by atoms with E-state index in [4.69, 9.17) is 0 Å². The van der Waals surface area contributed by atoms with Crippen LogP contribution < -0.4 is 0 Å². The van der Waals surface area contributed by atoms with Crippen LogP contribution in [-0.2, 0) is 0 Å². The van der Waals surface area contributed by atoms with Gasteiger partial charge in [-0.3, -0.25) is 0 Å². The molecule has 0 aromatic rings. The van der Waals surface area contributed by atoms with Crippen LogP contribution in [0.3, 0.4) is 0 Å². The zero-order valence-electron chi connectivity index (χ0n) is 5.91. The predicted molar refractivity (Wildman–Crippen MR) is 32.9 cm³/mol. The Kier molecular flexibility index (Phi) is 1.92. The highest BCUT2D eigenvalue weighted by Crippen LogP contribution is 2.37. The van der Waals surface area contributed by atoms with Gasteiger partial charge in [0.2, 0.25) is 0 Å². The zero-order chi connectivity index (χ0) is 7.78. The summed E-state index contributed by atoms with van der Waals surface area (Å²) in [4.78, 5) is 0. The van der Waals surface area contributed by atoms with Gasteiger partial charge < -0.3 is 0 Å². The van der Waals surface area contributed by atoms with Gasteiger partial charge in [0, 0.05) is 12.8 Å². The average Bonchev–Trinajstić information content (AvgIpc) is 1.79. The molecule has 0 aromatic heterocycles. The highest BCUT2D eigenvalue weighted by molar-refractivity contribution is 4.82. The standard InChI is InChI=1S/C7H11F3/c1-5-2-3-7(9,10)4-6(5)8/h5-6H,2-4H2,1H3. The van der Waals surface area contributed by atoms with Gasteiger partial charge in [-0.25, -0.2) is 13.2 Å². The quantitative estimate of drug-likeness (QED) is 0.500. The molecule has 0 amide bonds. The first kappa shape index (κ1) is 7.89. The lowest BCUT2D eigenvalue weighted by Crippen LogP contribution is -2.32. The maximum absolute atomic E-state index is 12.6. The lowest BCUT2D eigenvalue weighted by atomic mass is 9.87. The van der Waals surface area contributed by atoms with E-state index in [1.54, 1.807) is 6.92 Å². The molecule has 1 aliphatic rings. The van der Waals surface area contributed by atoms with Crippen molar-refractivity contribution in [1.82, 2.24) is 0 Å². The maximum Gasteiger partial charge on any atom is 0.250 e. The van der Waals surface area contributed by atoms with Crippen molar-refractivity contribution in [3.05, 3.63) is 0 Å². The molecule has 10 heavy (non-hydrogen) atoms. The summed E-state index contributed by atoms with van der Waals surface area (Å²) in [6.45, 7) is 1.68. The third kappa shape index (κ3) is 1.64. The number of hydrogen-bond donors (Lipinski definition) is 0. The van der Waals surface area contributed by atoms with Gasteiger partial charge in [-0.05, 0) is 12.3 Å². The monoisotopic (exact) mass is 152 g/mol. The van der Waals surface area contributed by atoms with Crippen molar-refractivity contribution in [1.29, 1.82) is 0 Å². The summed E-state index contributed by atoms with van der Waals surface area (Å²) in [6.07, 6.45) is -1.71. The highest BCUT2D eigenvalue weighted by Gasteiger charge is 2.39. The summed E-state index contributed by atoms with van der Waals surface area (Å²) in [5.41, 5.74) is 0.